The standard InChI is InChI=1S/C27H32N4O4/c1-18-7-5-8-19(2)26(18)28-25(32)16-30-11-13-31(14-12-30)27(33)22-9-6-10-23(15-22)34-17-24-20(3)29-35-21(24)4/h5-10,15H,11-14,16-17H2,1-4H3,(H,28,32). The van der Waals surface area contributed by atoms with Crippen LogP contribution in [0.2, 0.25) is 0 Å². The van der Waals surface area contributed by atoms with Crippen LogP contribution in [0.5, 0.6) is 5.75 Å². The van der Waals surface area contributed by atoms with Crippen molar-refractivity contribution in [3.05, 3.63) is 76.2 Å². The van der Waals surface area contributed by atoms with Crippen LogP contribution in [0, 0.1) is 27.7 Å². The van der Waals surface area contributed by atoms with Gasteiger partial charge in [-0.1, -0.05) is 29.4 Å². The molecule has 8 nitrogen and oxygen atoms in total. The first-order chi connectivity index (χ1) is 16.8. The van der Waals surface area contributed by atoms with Gasteiger partial charge >= 0.3 is 0 Å². The Balaban J connectivity index is 1.29. The van der Waals surface area contributed by atoms with Crippen LogP contribution in [0.25, 0.3) is 0 Å². The maximum Gasteiger partial charge on any atom is 0.254 e. The van der Waals surface area contributed by atoms with Gasteiger partial charge in [0.05, 0.1) is 17.8 Å². The molecule has 35 heavy (non-hydrogen) atoms. The summed E-state index contributed by atoms with van der Waals surface area (Å²) in [6.07, 6.45) is 0. The summed E-state index contributed by atoms with van der Waals surface area (Å²) < 4.78 is 11.1. The number of piperazine rings is 1. The summed E-state index contributed by atoms with van der Waals surface area (Å²) in [6.45, 7) is 10.8. The highest BCUT2D eigenvalue weighted by atomic mass is 16.5. The monoisotopic (exact) mass is 476 g/mol. The van der Waals surface area contributed by atoms with Gasteiger partial charge in [0.25, 0.3) is 5.91 Å². The van der Waals surface area contributed by atoms with E-state index in [1.165, 1.54) is 0 Å². The van der Waals surface area contributed by atoms with Crippen LogP contribution in [0.1, 0.15) is 38.5 Å². The molecule has 4 rings (SSSR count). The molecule has 0 atom stereocenters. The fourth-order valence-electron chi connectivity index (χ4n) is 4.27. The summed E-state index contributed by atoms with van der Waals surface area (Å²) in [7, 11) is 0. The van der Waals surface area contributed by atoms with Gasteiger partial charge in [0.2, 0.25) is 5.91 Å². The van der Waals surface area contributed by atoms with E-state index >= 15 is 0 Å². The van der Waals surface area contributed by atoms with Gasteiger partial charge < -0.3 is 19.5 Å². The Labute approximate surface area is 205 Å². The number of para-hydroxylation sites is 1. The number of aromatic nitrogens is 1. The Morgan fingerprint density at radius 3 is 2.34 bits per heavy atom. The van der Waals surface area contributed by atoms with Crippen molar-refractivity contribution in [2.24, 2.45) is 0 Å². The lowest BCUT2D eigenvalue weighted by molar-refractivity contribution is -0.117. The highest BCUT2D eigenvalue weighted by Crippen LogP contribution is 2.21. The molecule has 0 spiro atoms. The van der Waals surface area contributed by atoms with Crippen molar-refractivity contribution in [2.75, 3.05) is 38.0 Å². The molecule has 1 saturated heterocycles. The van der Waals surface area contributed by atoms with E-state index in [1.807, 2.05) is 62.9 Å². The Bertz CT molecular complexity index is 1170. The molecular formula is C27H32N4O4. The maximum absolute atomic E-state index is 13.1. The summed E-state index contributed by atoms with van der Waals surface area (Å²) in [5.74, 6) is 1.28. The summed E-state index contributed by atoms with van der Waals surface area (Å²) >= 11 is 0. The number of nitrogens with one attached hydrogen (secondary N) is 1. The van der Waals surface area contributed by atoms with Crippen molar-refractivity contribution in [1.29, 1.82) is 0 Å². The molecule has 1 aliphatic rings. The predicted molar refractivity (Wildman–Crippen MR) is 134 cm³/mol. The van der Waals surface area contributed by atoms with Crippen LogP contribution in [0.3, 0.4) is 0 Å². The van der Waals surface area contributed by atoms with E-state index in [0.29, 0.717) is 50.6 Å². The lowest BCUT2D eigenvalue weighted by Crippen LogP contribution is -2.50. The number of carbonyl (C=O) groups excluding carboxylic acids is 2. The first-order valence-electron chi connectivity index (χ1n) is 11.8. The zero-order valence-corrected chi connectivity index (χ0v) is 20.8. The molecule has 2 amide bonds. The molecule has 2 heterocycles. The molecule has 0 aliphatic carbocycles. The van der Waals surface area contributed by atoms with Gasteiger partial charge in [-0.25, -0.2) is 0 Å². The summed E-state index contributed by atoms with van der Waals surface area (Å²) in [5, 5.41) is 6.98. The van der Waals surface area contributed by atoms with Gasteiger partial charge in [0.1, 0.15) is 18.1 Å². The second-order valence-electron chi connectivity index (χ2n) is 9.00. The van der Waals surface area contributed by atoms with Gasteiger partial charge in [-0.05, 0) is 57.0 Å². The van der Waals surface area contributed by atoms with Crippen LogP contribution in [-0.2, 0) is 11.4 Å². The second-order valence-corrected chi connectivity index (χ2v) is 9.00. The smallest absolute Gasteiger partial charge is 0.254 e. The third-order valence-electron chi connectivity index (χ3n) is 6.42. The van der Waals surface area contributed by atoms with E-state index in [-0.39, 0.29) is 11.8 Å². The molecule has 0 saturated carbocycles. The molecule has 0 unspecified atom stereocenters. The third kappa shape index (κ3) is 5.89. The second kappa shape index (κ2) is 10.7. The van der Waals surface area contributed by atoms with Crippen LogP contribution < -0.4 is 10.1 Å². The molecule has 1 aromatic heterocycles. The van der Waals surface area contributed by atoms with Crippen molar-refractivity contribution >= 4 is 17.5 Å². The number of ether oxygens (including phenoxy) is 1. The van der Waals surface area contributed by atoms with Crippen molar-refractivity contribution in [3.8, 4) is 5.75 Å². The topological polar surface area (TPSA) is 87.9 Å². The summed E-state index contributed by atoms with van der Waals surface area (Å²) in [6, 6.07) is 13.2. The normalized spacial score (nSPS) is 14.1. The molecule has 184 valence electrons. The highest BCUT2D eigenvalue weighted by molar-refractivity contribution is 5.95. The highest BCUT2D eigenvalue weighted by Gasteiger charge is 2.24. The first kappa shape index (κ1) is 24.5. The van der Waals surface area contributed by atoms with Crippen LogP contribution >= 0.6 is 0 Å². The number of benzene rings is 2. The number of nitrogens with zero attached hydrogens (tertiary/aromatic N) is 3. The molecule has 8 heteroatoms. The predicted octanol–water partition coefficient (Wildman–Crippen LogP) is 3.88. The van der Waals surface area contributed by atoms with E-state index in [9.17, 15) is 9.59 Å². The van der Waals surface area contributed by atoms with E-state index in [1.54, 1.807) is 12.1 Å². The molecular weight excluding hydrogens is 444 g/mol. The minimum atomic E-state index is -0.0367. The van der Waals surface area contributed by atoms with E-state index in [2.05, 4.69) is 15.4 Å². The molecule has 1 N–H and O–H groups in total. The summed E-state index contributed by atoms with van der Waals surface area (Å²) in [5.41, 5.74) is 5.28. The number of rotatable bonds is 7. The van der Waals surface area contributed by atoms with Crippen molar-refractivity contribution in [3.63, 3.8) is 0 Å². The minimum absolute atomic E-state index is 0.0348. The van der Waals surface area contributed by atoms with Crippen molar-refractivity contribution in [1.82, 2.24) is 15.0 Å². The van der Waals surface area contributed by atoms with Gasteiger partial charge in [-0.2, -0.15) is 0 Å². The largest absolute Gasteiger partial charge is 0.489 e. The molecule has 0 radical (unpaired) electrons. The molecule has 1 aliphatic heterocycles. The Morgan fingerprint density at radius 2 is 1.69 bits per heavy atom. The van der Waals surface area contributed by atoms with Crippen molar-refractivity contribution in [2.45, 2.75) is 34.3 Å². The van der Waals surface area contributed by atoms with Gasteiger partial charge in [0, 0.05) is 37.4 Å². The number of carbonyl (C=O) groups is 2. The minimum Gasteiger partial charge on any atom is -0.489 e. The average molecular weight is 477 g/mol. The van der Waals surface area contributed by atoms with E-state index < -0.39 is 0 Å². The van der Waals surface area contributed by atoms with Gasteiger partial charge in [0.15, 0.2) is 0 Å². The Hall–Kier alpha value is -3.65. The van der Waals surface area contributed by atoms with E-state index in [4.69, 9.17) is 9.26 Å². The van der Waals surface area contributed by atoms with Crippen molar-refractivity contribution < 1.29 is 18.8 Å². The maximum atomic E-state index is 13.1. The molecule has 3 aromatic rings. The fourth-order valence-corrected chi connectivity index (χ4v) is 4.27. The van der Waals surface area contributed by atoms with Crippen LogP contribution in [-0.4, -0.2) is 59.5 Å². The number of amides is 2. The Kier molecular flexibility index (Phi) is 7.51. The number of aryl methyl sites for hydroxylation is 4. The lowest BCUT2D eigenvalue weighted by Gasteiger charge is -2.34. The lowest BCUT2D eigenvalue weighted by atomic mass is 10.1. The summed E-state index contributed by atoms with van der Waals surface area (Å²) in [4.78, 5) is 29.6. The van der Waals surface area contributed by atoms with Gasteiger partial charge in [-0.15, -0.1) is 0 Å². The Morgan fingerprint density at radius 1 is 1.00 bits per heavy atom. The molecule has 1 fully saturated rings. The first-order valence-corrected chi connectivity index (χ1v) is 11.8. The molecule has 2 aromatic carbocycles. The zero-order chi connectivity index (χ0) is 24.9. The quantitative estimate of drug-likeness (QED) is 0.557. The number of anilines is 1. The van der Waals surface area contributed by atoms with Gasteiger partial charge in [-0.3, -0.25) is 14.5 Å². The molecule has 0 bridgehead atoms. The number of hydrogen-bond donors (Lipinski definition) is 1. The SMILES string of the molecule is Cc1cccc(C)c1NC(=O)CN1CCN(C(=O)c2cccc(OCc3c(C)noc3C)c2)CC1. The fraction of sp³-hybridized carbons (Fsp3) is 0.370. The zero-order valence-electron chi connectivity index (χ0n) is 20.8. The van der Waals surface area contributed by atoms with E-state index in [0.717, 1.165) is 33.8 Å². The third-order valence-corrected chi connectivity index (χ3v) is 6.42. The van der Waals surface area contributed by atoms with Crippen LogP contribution in [0.4, 0.5) is 5.69 Å². The average Bonchev–Trinajstić information content (AvgIpc) is 3.17. The van der Waals surface area contributed by atoms with Crippen LogP contribution in [0.15, 0.2) is 47.0 Å². The number of hydrogen-bond acceptors (Lipinski definition) is 6.